The molecule has 2 aromatic heterocycles. The van der Waals surface area contributed by atoms with Crippen molar-refractivity contribution in [1.29, 1.82) is 0 Å². The van der Waals surface area contributed by atoms with Gasteiger partial charge in [-0.15, -0.1) is 0 Å². The van der Waals surface area contributed by atoms with Crippen molar-refractivity contribution in [3.8, 4) is 27.9 Å². The van der Waals surface area contributed by atoms with E-state index in [1.165, 1.54) is 98.8 Å². The smallest absolute Gasteiger partial charge is 0.145 e. The molecule has 3 heteroatoms. The van der Waals surface area contributed by atoms with Crippen molar-refractivity contribution in [1.82, 2.24) is 4.57 Å². The highest BCUT2D eigenvalue weighted by Crippen LogP contribution is 2.66. The van der Waals surface area contributed by atoms with Crippen LogP contribution in [-0.4, -0.2) is 4.57 Å². The van der Waals surface area contributed by atoms with E-state index in [0.29, 0.717) is 0 Å². The van der Waals surface area contributed by atoms with E-state index >= 15 is 0 Å². The molecule has 3 nitrogen and oxygen atoms in total. The molecule has 0 saturated carbocycles. The summed E-state index contributed by atoms with van der Waals surface area (Å²) in [5.41, 5.74) is 19.2. The van der Waals surface area contributed by atoms with Crippen LogP contribution in [0.5, 0.6) is 0 Å². The molecular weight excluding hydrogens is 861 g/mol. The van der Waals surface area contributed by atoms with Gasteiger partial charge in [-0.25, -0.2) is 0 Å². The molecule has 0 saturated heterocycles. The number of furan rings is 1. The molecule has 2 heterocycles. The van der Waals surface area contributed by atoms with Crippen molar-refractivity contribution < 1.29 is 4.42 Å². The van der Waals surface area contributed by atoms with E-state index in [0.717, 1.165) is 50.1 Å². The fourth-order valence-electron chi connectivity index (χ4n) is 13.1. The average Bonchev–Trinajstić information content (AvgIpc) is 4.16. The standard InChI is InChI=1S/C68H42N2O/c1-41-29-34-45(35-30-41)69(46-36-38-60-53(39-46)49-20-8-12-26-59(49)70(60)58-27-14-17-42-15-2-4-18-47(42)58)61-40-57-65(67-66(61)52-23-9-13-28-62(52)71-67)51-22-7-11-25-55(51)68(57)54-24-10-6-21-50(54)64-56(68)37-33-44-32-31-43-16-3-5-19-48(43)63(44)64/h2-40H,1H3. The van der Waals surface area contributed by atoms with Crippen molar-refractivity contribution in [2.45, 2.75) is 12.3 Å². The van der Waals surface area contributed by atoms with Crippen LogP contribution in [0.4, 0.5) is 17.1 Å². The molecule has 12 aromatic carbocycles. The number of fused-ring (bicyclic) bond motifs is 22. The van der Waals surface area contributed by atoms with Gasteiger partial charge in [0.05, 0.1) is 33.2 Å². The Morgan fingerprint density at radius 3 is 1.82 bits per heavy atom. The minimum absolute atomic E-state index is 0.639. The highest BCUT2D eigenvalue weighted by molar-refractivity contribution is 6.22. The number of anilines is 3. The Morgan fingerprint density at radius 1 is 0.394 bits per heavy atom. The number of rotatable bonds is 4. The van der Waals surface area contributed by atoms with Gasteiger partial charge in [0.25, 0.3) is 0 Å². The van der Waals surface area contributed by atoms with Crippen LogP contribution in [0.15, 0.2) is 241 Å². The Hall–Kier alpha value is -9.18. The van der Waals surface area contributed by atoms with Crippen LogP contribution in [-0.2, 0) is 5.41 Å². The first-order chi connectivity index (χ1) is 35.1. The molecule has 14 aromatic rings. The van der Waals surface area contributed by atoms with Gasteiger partial charge in [0.2, 0.25) is 0 Å². The van der Waals surface area contributed by atoms with Crippen molar-refractivity contribution in [3.05, 3.63) is 264 Å². The van der Waals surface area contributed by atoms with Crippen molar-refractivity contribution >= 4 is 93.1 Å². The average molecular weight is 903 g/mol. The maximum Gasteiger partial charge on any atom is 0.145 e. The second-order valence-corrected chi connectivity index (χ2v) is 19.6. The maximum atomic E-state index is 7.33. The Labute approximate surface area is 409 Å². The van der Waals surface area contributed by atoms with Gasteiger partial charge in [-0.05, 0) is 127 Å². The Morgan fingerprint density at radius 2 is 1.00 bits per heavy atom. The third-order valence-electron chi connectivity index (χ3n) is 16.0. The Kier molecular flexibility index (Phi) is 7.75. The van der Waals surface area contributed by atoms with Crippen molar-refractivity contribution in [3.63, 3.8) is 0 Å². The molecule has 1 unspecified atom stereocenters. The lowest BCUT2D eigenvalue weighted by Crippen LogP contribution is -2.26. The van der Waals surface area contributed by atoms with Crippen molar-refractivity contribution in [2.75, 3.05) is 4.90 Å². The summed E-state index contributed by atoms with van der Waals surface area (Å²) < 4.78 is 9.78. The molecule has 0 bridgehead atoms. The summed E-state index contributed by atoms with van der Waals surface area (Å²) in [6.45, 7) is 2.17. The van der Waals surface area contributed by atoms with E-state index in [-0.39, 0.29) is 0 Å². The van der Waals surface area contributed by atoms with Crippen LogP contribution in [0.25, 0.3) is 104 Å². The fourth-order valence-corrected chi connectivity index (χ4v) is 13.1. The summed E-state index contributed by atoms with van der Waals surface area (Å²) in [5, 5.41) is 12.1. The quantitative estimate of drug-likeness (QED) is 0.164. The second kappa shape index (κ2) is 14.2. The topological polar surface area (TPSA) is 21.3 Å². The van der Waals surface area contributed by atoms with E-state index in [4.69, 9.17) is 4.42 Å². The lowest BCUT2D eigenvalue weighted by atomic mass is 9.70. The molecule has 0 radical (unpaired) electrons. The first-order valence-corrected chi connectivity index (χ1v) is 24.7. The molecule has 2 aliphatic carbocycles. The first kappa shape index (κ1) is 38.8. The van der Waals surface area contributed by atoms with E-state index in [1.54, 1.807) is 0 Å². The van der Waals surface area contributed by atoms with Crippen LogP contribution >= 0.6 is 0 Å². The predicted octanol–water partition coefficient (Wildman–Crippen LogP) is 18.3. The molecular formula is C68H42N2O. The third kappa shape index (κ3) is 5.07. The summed E-state index contributed by atoms with van der Waals surface area (Å²) in [7, 11) is 0. The van der Waals surface area contributed by atoms with Gasteiger partial charge >= 0.3 is 0 Å². The lowest BCUT2D eigenvalue weighted by molar-refractivity contribution is 0.669. The zero-order chi connectivity index (χ0) is 46.5. The minimum Gasteiger partial charge on any atom is -0.455 e. The summed E-state index contributed by atoms with van der Waals surface area (Å²) >= 11 is 0. The SMILES string of the molecule is Cc1ccc(N(c2ccc3c(c2)c2ccccc2n3-c2cccc3ccccc23)c2cc3c(c4oc5ccccc5c24)-c2ccccc2C32c3ccccc3-c3c2ccc2ccc4ccccc4c32)cc1. The number of aromatic nitrogens is 1. The monoisotopic (exact) mass is 902 g/mol. The highest BCUT2D eigenvalue weighted by Gasteiger charge is 2.53. The van der Waals surface area contributed by atoms with E-state index in [2.05, 4.69) is 253 Å². The van der Waals surface area contributed by atoms with E-state index < -0.39 is 5.41 Å². The van der Waals surface area contributed by atoms with Gasteiger partial charge in [-0.1, -0.05) is 188 Å². The van der Waals surface area contributed by atoms with Gasteiger partial charge in [0, 0.05) is 38.5 Å². The highest BCUT2D eigenvalue weighted by atomic mass is 16.3. The molecule has 0 aliphatic heterocycles. The Balaban J connectivity index is 1.04. The summed E-state index contributed by atoms with van der Waals surface area (Å²) in [6.07, 6.45) is 0. The summed E-state index contributed by atoms with van der Waals surface area (Å²) in [5.74, 6) is 0. The van der Waals surface area contributed by atoms with Crippen LogP contribution < -0.4 is 4.90 Å². The lowest BCUT2D eigenvalue weighted by Gasteiger charge is -2.32. The summed E-state index contributed by atoms with van der Waals surface area (Å²) in [4.78, 5) is 2.50. The fraction of sp³-hybridized carbons (Fsp3) is 0.0294. The van der Waals surface area contributed by atoms with Gasteiger partial charge in [-0.3, -0.25) is 0 Å². The van der Waals surface area contributed by atoms with Crippen molar-refractivity contribution in [2.24, 2.45) is 0 Å². The molecule has 0 fully saturated rings. The minimum atomic E-state index is -0.639. The number of nitrogens with zero attached hydrogens (tertiary/aromatic N) is 2. The molecule has 1 atom stereocenters. The Bertz CT molecular complexity index is 4600. The zero-order valence-corrected chi connectivity index (χ0v) is 38.8. The number of para-hydroxylation sites is 2. The zero-order valence-electron chi connectivity index (χ0n) is 38.8. The normalized spacial score (nSPS) is 14.6. The number of hydrogen-bond donors (Lipinski definition) is 0. The van der Waals surface area contributed by atoms with Gasteiger partial charge in [-0.2, -0.15) is 0 Å². The summed E-state index contributed by atoms with van der Waals surface area (Å²) in [6, 6.07) is 88.0. The van der Waals surface area contributed by atoms with Gasteiger partial charge < -0.3 is 13.9 Å². The molecule has 71 heavy (non-hydrogen) atoms. The van der Waals surface area contributed by atoms with E-state index in [9.17, 15) is 0 Å². The number of benzene rings is 12. The molecule has 330 valence electrons. The number of hydrogen-bond acceptors (Lipinski definition) is 2. The first-order valence-electron chi connectivity index (χ1n) is 24.7. The van der Waals surface area contributed by atoms with E-state index in [1.807, 2.05) is 0 Å². The van der Waals surface area contributed by atoms with Crippen LogP contribution in [0.1, 0.15) is 27.8 Å². The number of aryl methyl sites for hydroxylation is 1. The predicted molar refractivity (Wildman–Crippen MR) is 296 cm³/mol. The largest absolute Gasteiger partial charge is 0.455 e. The van der Waals surface area contributed by atoms with Gasteiger partial charge in [0.1, 0.15) is 11.2 Å². The molecule has 16 rings (SSSR count). The van der Waals surface area contributed by atoms with Crippen LogP contribution in [0, 0.1) is 6.92 Å². The molecule has 1 spiro atoms. The third-order valence-corrected chi connectivity index (χ3v) is 16.0. The van der Waals surface area contributed by atoms with Gasteiger partial charge in [0.15, 0.2) is 0 Å². The molecule has 0 N–H and O–H groups in total. The van der Waals surface area contributed by atoms with Crippen LogP contribution in [0.2, 0.25) is 0 Å². The molecule has 0 amide bonds. The molecule has 2 aliphatic rings. The second-order valence-electron chi connectivity index (χ2n) is 19.6. The maximum absolute atomic E-state index is 7.33. The van der Waals surface area contributed by atoms with Crippen LogP contribution in [0.3, 0.4) is 0 Å².